The number of thioether (sulfide) groups is 1. The third kappa shape index (κ3) is 5.52. The van der Waals surface area contributed by atoms with Gasteiger partial charge in [-0.05, 0) is 48.0 Å². The second kappa shape index (κ2) is 11.1. The molecule has 0 radical (unpaired) electrons. The van der Waals surface area contributed by atoms with Gasteiger partial charge in [0.1, 0.15) is 24.7 Å². The number of ether oxygens (including phenoxy) is 4. The summed E-state index contributed by atoms with van der Waals surface area (Å²) in [5.74, 6) is 2.45. The van der Waals surface area contributed by atoms with E-state index < -0.39 is 0 Å². The van der Waals surface area contributed by atoms with Gasteiger partial charge in [0.15, 0.2) is 15.8 Å². The smallest absolute Gasteiger partial charge is 0.270 e. The molecule has 4 rings (SSSR count). The fourth-order valence-electron chi connectivity index (χ4n) is 3.31. The van der Waals surface area contributed by atoms with E-state index in [1.165, 1.54) is 11.8 Å². The zero-order valence-corrected chi connectivity index (χ0v) is 20.4. The minimum absolute atomic E-state index is 0.143. The van der Waals surface area contributed by atoms with Crippen molar-refractivity contribution in [3.05, 3.63) is 83.3 Å². The van der Waals surface area contributed by atoms with Gasteiger partial charge in [-0.3, -0.25) is 9.69 Å². The molecule has 8 heteroatoms. The van der Waals surface area contributed by atoms with Crippen LogP contribution in [-0.2, 0) is 4.79 Å². The first-order valence-electron chi connectivity index (χ1n) is 10.5. The van der Waals surface area contributed by atoms with Crippen LogP contribution in [0, 0.1) is 0 Å². The SMILES string of the molecule is COc1cccc(OCCOc2ccc(/C=C3/SC(=S)N(c4ccccc4)C3=O)cc2OC)c1. The Kier molecular flexibility index (Phi) is 7.72. The average molecular weight is 494 g/mol. The number of rotatable bonds is 9. The summed E-state index contributed by atoms with van der Waals surface area (Å²) in [6.07, 6.45) is 1.81. The normalized spacial score (nSPS) is 14.4. The minimum atomic E-state index is -0.143. The second-order valence-electron chi connectivity index (χ2n) is 7.14. The Labute approximate surface area is 208 Å². The van der Waals surface area contributed by atoms with Gasteiger partial charge in [0, 0.05) is 6.07 Å². The van der Waals surface area contributed by atoms with Crippen molar-refractivity contribution in [1.82, 2.24) is 0 Å². The number of thiocarbonyl (C=S) groups is 1. The van der Waals surface area contributed by atoms with Crippen LogP contribution < -0.4 is 23.8 Å². The second-order valence-corrected chi connectivity index (χ2v) is 8.81. The molecule has 0 aromatic heterocycles. The molecular formula is C26H23NO5S2. The Morgan fingerprint density at radius 3 is 2.38 bits per heavy atom. The molecule has 1 heterocycles. The van der Waals surface area contributed by atoms with Gasteiger partial charge >= 0.3 is 0 Å². The van der Waals surface area contributed by atoms with Crippen LogP contribution in [0.25, 0.3) is 6.08 Å². The molecular weight excluding hydrogens is 470 g/mol. The van der Waals surface area contributed by atoms with Crippen LogP contribution >= 0.6 is 24.0 Å². The highest BCUT2D eigenvalue weighted by Gasteiger charge is 2.33. The molecule has 1 amide bonds. The molecule has 0 bridgehead atoms. The van der Waals surface area contributed by atoms with Gasteiger partial charge in [0.05, 0.1) is 24.8 Å². The Morgan fingerprint density at radius 1 is 0.853 bits per heavy atom. The van der Waals surface area contributed by atoms with Crippen LogP contribution in [0.3, 0.4) is 0 Å². The van der Waals surface area contributed by atoms with Crippen LogP contribution in [0.1, 0.15) is 5.56 Å². The lowest BCUT2D eigenvalue weighted by atomic mass is 10.2. The maximum absolute atomic E-state index is 12.9. The van der Waals surface area contributed by atoms with E-state index in [1.54, 1.807) is 25.2 Å². The zero-order valence-electron chi connectivity index (χ0n) is 18.7. The molecule has 1 aliphatic heterocycles. The van der Waals surface area contributed by atoms with Crippen molar-refractivity contribution in [1.29, 1.82) is 0 Å². The number of benzene rings is 3. The van der Waals surface area contributed by atoms with Crippen molar-refractivity contribution < 1.29 is 23.7 Å². The summed E-state index contributed by atoms with van der Waals surface area (Å²) in [4.78, 5) is 15.0. The summed E-state index contributed by atoms with van der Waals surface area (Å²) < 4.78 is 22.7. The number of nitrogens with zero attached hydrogens (tertiary/aromatic N) is 1. The lowest BCUT2D eigenvalue weighted by Gasteiger charge is -2.14. The summed E-state index contributed by atoms with van der Waals surface area (Å²) >= 11 is 6.71. The quantitative estimate of drug-likeness (QED) is 0.219. The van der Waals surface area contributed by atoms with Crippen LogP contribution in [0.4, 0.5) is 5.69 Å². The van der Waals surface area contributed by atoms with E-state index in [1.807, 2.05) is 72.8 Å². The molecule has 1 fully saturated rings. The number of carbonyl (C=O) groups excluding carboxylic acids is 1. The fraction of sp³-hybridized carbons (Fsp3) is 0.154. The van der Waals surface area contributed by atoms with E-state index in [2.05, 4.69) is 0 Å². The Morgan fingerprint density at radius 2 is 1.62 bits per heavy atom. The van der Waals surface area contributed by atoms with Gasteiger partial charge in [-0.1, -0.05) is 54.3 Å². The van der Waals surface area contributed by atoms with Gasteiger partial charge in [-0.25, -0.2) is 0 Å². The maximum Gasteiger partial charge on any atom is 0.270 e. The van der Waals surface area contributed by atoms with Crippen molar-refractivity contribution in [3.63, 3.8) is 0 Å². The highest BCUT2D eigenvalue weighted by molar-refractivity contribution is 8.27. The maximum atomic E-state index is 12.9. The van der Waals surface area contributed by atoms with Crippen molar-refractivity contribution in [3.8, 4) is 23.0 Å². The van der Waals surface area contributed by atoms with Crippen LogP contribution in [0.5, 0.6) is 23.0 Å². The van der Waals surface area contributed by atoms with Gasteiger partial charge in [-0.2, -0.15) is 0 Å². The third-order valence-corrected chi connectivity index (χ3v) is 6.25. The largest absolute Gasteiger partial charge is 0.497 e. The van der Waals surface area contributed by atoms with Crippen molar-refractivity contribution in [2.24, 2.45) is 0 Å². The van der Waals surface area contributed by atoms with E-state index in [0.717, 1.165) is 17.0 Å². The molecule has 6 nitrogen and oxygen atoms in total. The molecule has 3 aromatic carbocycles. The van der Waals surface area contributed by atoms with E-state index >= 15 is 0 Å². The number of para-hydroxylation sites is 1. The molecule has 0 atom stereocenters. The molecule has 174 valence electrons. The first-order valence-corrected chi connectivity index (χ1v) is 11.7. The van der Waals surface area contributed by atoms with Crippen molar-refractivity contribution in [2.45, 2.75) is 0 Å². The predicted molar refractivity (Wildman–Crippen MR) is 139 cm³/mol. The highest BCUT2D eigenvalue weighted by atomic mass is 32.2. The number of carbonyl (C=O) groups is 1. The standard InChI is InChI=1S/C26H23NO5S2/c1-29-20-9-6-10-21(17-20)31-13-14-32-22-12-11-18(15-23(22)30-2)16-24-25(28)27(26(33)34-24)19-7-4-3-5-8-19/h3-12,15-17H,13-14H2,1-2H3/b24-16+. The Hall–Kier alpha value is -3.49. The monoisotopic (exact) mass is 493 g/mol. The number of hydrogen-bond acceptors (Lipinski definition) is 7. The van der Waals surface area contributed by atoms with Crippen LogP contribution in [0.15, 0.2) is 77.7 Å². The predicted octanol–water partition coefficient (Wildman–Crippen LogP) is 5.57. The molecule has 3 aromatic rings. The number of methoxy groups -OCH3 is 2. The van der Waals surface area contributed by atoms with Gasteiger partial charge in [0.2, 0.25) is 0 Å². The summed E-state index contributed by atoms with van der Waals surface area (Å²) in [5, 5.41) is 0. The van der Waals surface area contributed by atoms with Gasteiger partial charge < -0.3 is 18.9 Å². The van der Waals surface area contributed by atoms with E-state index in [4.69, 9.17) is 31.2 Å². The molecule has 1 saturated heterocycles. The molecule has 0 unspecified atom stereocenters. The average Bonchev–Trinajstić information content (AvgIpc) is 3.15. The van der Waals surface area contributed by atoms with E-state index in [9.17, 15) is 4.79 Å². The molecule has 0 aliphatic carbocycles. The van der Waals surface area contributed by atoms with E-state index in [-0.39, 0.29) is 5.91 Å². The Bertz CT molecular complexity index is 1210. The van der Waals surface area contributed by atoms with Crippen molar-refractivity contribution >= 4 is 46.0 Å². The molecule has 0 spiro atoms. The summed E-state index contributed by atoms with van der Waals surface area (Å²) in [6.45, 7) is 0.697. The summed E-state index contributed by atoms with van der Waals surface area (Å²) in [5.41, 5.74) is 1.57. The summed E-state index contributed by atoms with van der Waals surface area (Å²) in [7, 11) is 3.19. The summed E-state index contributed by atoms with van der Waals surface area (Å²) in [6, 6.07) is 22.3. The third-order valence-electron chi connectivity index (χ3n) is 4.94. The minimum Gasteiger partial charge on any atom is -0.497 e. The lowest BCUT2D eigenvalue weighted by Crippen LogP contribution is -2.27. The molecule has 0 saturated carbocycles. The Balaban J connectivity index is 1.40. The first-order chi connectivity index (χ1) is 16.6. The topological polar surface area (TPSA) is 57.2 Å². The number of anilines is 1. The van der Waals surface area contributed by atoms with E-state index in [0.29, 0.717) is 39.7 Å². The molecule has 34 heavy (non-hydrogen) atoms. The lowest BCUT2D eigenvalue weighted by molar-refractivity contribution is -0.113. The van der Waals surface area contributed by atoms with Gasteiger partial charge in [-0.15, -0.1) is 0 Å². The number of amides is 1. The molecule has 1 aliphatic rings. The molecule has 0 N–H and O–H groups in total. The number of hydrogen-bond donors (Lipinski definition) is 0. The van der Waals surface area contributed by atoms with Crippen LogP contribution in [0.2, 0.25) is 0 Å². The van der Waals surface area contributed by atoms with Gasteiger partial charge in [0.25, 0.3) is 5.91 Å². The fourth-order valence-corrected chi connectivity index (χ4v) is 4.61. The van der Waals surface area contributed by atoms with Crippen molar-refractivity contribution in [2.75, 3.05) is 32.3 Å². The van der Waals surface area contributed by atoms with Crippen LogP contribution in [-0.4, -0.2) is 37.7 Å². The first kappa shape index (κ1) is 23.7. The highest BCUT2D eigenvalue weighted by Crippen LogP contribution is 2.37. The zero-order chi connectivity index (χ0) is 23.9.